The summed E-state index contributed by atoms with van der Waals surface area (Å²) in [5.41, 5.74) is 11.5. The molecule has 0 saturated carbocycles. The molecule has 0 spiro atoms. The Morgan fingerprint density at radius 1 is 0.500 bits per heavy atom. The topological polar surface area (TPSA) is 38.0 Å². The van der Waals surface area contributed by atoms with Crippen molar-refractivity contribution in [2.45, 2.75) is 0 Å². The molecule has 0 unspecified atom stereocenters. The molecule has 0 atom stereocenters. The second-order valence-corrected chi connectivity index (χ2v) is 11.9. The van der Waals surface area contributed by atoms with E-state index in [2.05, 4.69) is 141 Å². The largest absolute Gasteiger partial charge is 0.311 e. The zero-order valence-electron chi connectivity index (χ0n) is 25.8. The first-order valence-corrected chi connectivity index (χ1v) is 15.9. The van der Waals surface area contributed by atoms with Crippen molar-refractivity contribution in [3.05, 3.63) is 175 Å². The average Bonchev–Trinajstić information content (AvgIpc) is 3.67. The van der Waals surface area contributed by atoms with Crippen molar-refractivity contribution in [1.29, 1.82) is 5.26 Å². The van der Waals surface area contributed by atoms with Gasteiger partial charge in [0.1, 0.15) is 0 Å². The number of fused-ring (bicyclic) bond motifs is 6. The van der Waals surface area contributed by atoms with E-state index < -0.39 is 0 Å². The van der Waals surface area contributed by atoms with Crippen LogP contribution in [0.2, 0.25) is 0 Å². The molecule has 7 aromatic carbocycles. The third kappa shape index (κ3) is 4.07. The minimum Gasteiger partial charge on any atom is -0.311 e. The van der Waals surface area contributed by atoms with Crippen LogP contribution in [0, 0.1) is 17.9 Å². The van der Waals surface area contributed by atoms with Crippen LogP contribution in [-0.2, 0) is 0 Å². The summed E-state index contributed by atoms with van der Waals surface area (Å²) in [6.07, 6.45) is 0. The van der Waals surface area contributed by atoms with E-state index in [4.69, 9.17) is 6.57 Å². The van der Waals surface area contributed by atoms with Gasteiger partial charge in [-0.05, 0) is 65.2 Å². The van der Waals surface area contributed by atoms with Crippen molar-refractivity contribution in [1.82, 2.24) is 9.13 Å². The van der Waals surface area contributed by atoms with Gasteiger partial charge in [-0.3, -0.25) is 0 Å². The van der Waals surface area contributed by atoms with Gasteiger partial charge in [-0.25, -0.2) is 4.85 Å². The smallest absolute Gasteiger partial charge is 0.189 e. The fourth-order valence-electron chi connectivity index (χ4n) is 7.33. The summed E-state index contributed by atoms with van der Waals surface area (Å²) < 4.78 is 4.53. The van der Waals surface area contributed by atoms with E-state index in [-0.39, 0.29) is 0 Å². The number of rotatable bonds is 4. The van der Waals surface area contributed by atoms with Crippen LogP contribution in [0.4, 0.5) is 5.69 Å². The molecule has 222 valence electrons. The van der Waals surface area contributed by atoms with Gasteiger partial charge >= 0.3 is 0 Å². The van der Waals surface area contributed by atoms with Gasteiger partial charge in [-0.15, -0.1) is 0 Å². The summed E-state index contributed by atoms with van der Waals surface area (Å²) in [5.74, 6) is 0. The number of hydrogen-bond donors (Lipinski definition) is 0. The summed E-state index contributed by atoms with van der Waals surface area (Å²) in [5, 5.41) is 15.1. The van der Waals surface area contributed by atoms with E-state index >= 15 is 0 Å². The van der Waals surface area contributed by atoms with E-state index in [0.717, 1.165) is 66.5 Å². The molecule has 0 bridgehead atoms. The fourth-order valence-corrected chi connectivity index (χ4v) is 7.33. The van der Waals surface area contributed by atoms with Gasteiger partial charge in [-0.1, -0.05) is 109 Å². The highest BCUT2D eigenvalue weighted by molar-refractivity contribution is 6.11. The highest BCUT2D eigenvalue weighted by atomic mass is 15.0. The Bertz CT molecular complexity index is 2750. The summed E-state index contributed by atoms with van der Waals surface area (Å²) in [6.45, 7) is 7.61. The Balaban J connectivity index is 1.24. The first-order chi connectivity index (χ1) is 23.7. The molecule has 48 heavy (non-hydrogen) atoms. The Morgan fingerprint density at radius 2 is 1.06 bits per heavy atom. The zero-order valence-corrected chi connectivity index (χ0v) is 25.8. The fraction of sp³-hybridized carbons (Fsp3) is 0. The second kappa shape index (κ2) is 10.9. The van der Waals surface area contributed by atoms with Gasteiger partial charge in [0.05, 0.1) is 40.4 Å². The third-order valence-corrected chi connectivity index (χ3v) is 9.40. The molecule has 0 amide bonds. The normalized spacial score (nSPS) is 11.3. The quantitative estimate of drug-likeness (QED) is 0.183. The van der Waals surface area contributed by atoms with Gasteiger partial charge in [0.2, 0.25) is 0 Å². The molecule has 4 nitrogen and oxygen atoms in total. The lowest BCUT2D eigenvalue weighted by Crippen LogP contribution is -2.00. The third-order valence-electron chi connectivity index (χ3n) is 9.40. The minimum atomic E-state index is 0.618. The molecule has 0 N–H and O–H groups in total. The molecule has 0 aliphatic heterocycles. The van der Waals surface area contributed by atoms with Crippen LogP contribution >= 0.6 is 0 Å². The van der Waals surface area contributed by atoms with E-state index in [1.165, 1.54) is 10.8 Å². The monoisotopic (exact) mass is 610 g/mol. The second-order valence-electron chi connectivity index (χ2n) is 11.9. The van der Waals surface area contributed by atoms with Crippen LogP contribution < -0.4 is 0 Å². The van der Waals surface area contributed by atoms with Gasteiger partial charge in [0.15, 0.2) is 5.69 Å². The lowest BCUT2D eigenvalue weighted by molar-refractivity contribution is 1.18. The number of hydrogen-bond acceptors (Lipinski definition) is 1. The molecule has 2 aromatic heterocycles. The number of aromatic nitrogens is 2. The number of para-hydroxylation sites is 3. The first kappa shape index (κ1) is 27.4. The van der Waals surface area contributed by atoms with Crippen molar-refractivity contribution in [3.8, 4) is 39.7 Å². The van der Waals surface area contributed by atoms with Crippen LogP contribution in [0.25, 0.3) is 82.1 Å². The Kier molecular flexibility index (Phi) is 6.22. The van der Waals surface area contributed by atoms with Crippen LogP contribution in [0.1, 0.15) is 5.56 Å². The molecule has 9 aromatic rings. The van der Waals surface area contributed by atoms with Gasteiger partial charge in [-0.2, -0.15) is 5.26 Å². The molecular formula is C44H26N4. The summed E-state index contributed by atoms with van der Waals surface area (Å²) in [4.78, 5) is 3.70. The van der Waals surface area contributed by atoms with Gasteiger partial charge < -0.3 is 9.13 Å². The predicted molar refractivity (Wildman–Crippen MR) is 197 cm³/mol. The molecule has 4 heteroatoms. The maximum absolute atomic E-state index is 10.5. The van der Waals surface area contributed by atoms with Crippen molar-refractivity contribution in [3.63, 3.8) is 0 Å². The Hall–Kier alpha value is -6.88. The van der Waals surface area contributed by atoms with Gasteiger partial charge in [0, 0.05) is 38.3 Å². The summed E-state index contributed by atoms with van der Waals surface area (Å²) in [7, 11) is 0. The van der Waals surface area contributed by atoms with E-state index in [1.807, 2.05) is 36.4 Å². The van der Waals surface area contributed by atoms with Crippen LogP contribution in [-0.4, -0.2) is 9.13 Å². The summed E-state index contributed by atoms with van der Waals surface area (Å²) >= 11 is 0. The molecule has 2 heterocycles. The lowest BCUT2D eigenvalue weighted by Gasteiger charge is -2.18. The number of benzene rings is 7. The Labute approximate surface area is 277 Å². The van der Waals surface area contributed by atoms with Crippen molar-refractivity contribution >= 4 is 49.3 Å². The van der Waals surface area contributed by atoms with Crippen molar-refractivity contribution in [2.75, 3.05) is 0 Å². The molecule has 0 aliphatic rings. The van der Waals surface area contributed by atoms with Crippen molar-refractivity contribution < 1.29 is 0 Å². The van der Waals surface area contributed by atoms with Crippen molar-refractivity contribution in [2.24, 2.45) is 0 Å². The minimum absolute atomic E-state index is 0.618. The molecule has 0 radical (unpaired) electrons. The Morgan fingerprint density at radius 3 is 1.69 bits per heavy atom. The SMILES string of the molecule is [C-]#[N+]c1ccc2c3ccccc3n(-c3ccc(-c4ccccc4-c4c(C#N)cccc4-n4c5ccccc5c5ccccc54)cc3)c2c1. The van der Waals surface area contributed by atoms with E-state index in [0.29, 0.717) is 11.3 Å². The van der Waals surface area contributed by atoms with E-state index in [9.17, 15) is 5.26 Å². The van der Waals surface area contributed by atoms with Crippen LogP contribution in [0.5, 0.6) is 0 Å². The lowest BCUT2D eigenvalue weighted by atomic mass is 9.90. The zero-order chi connectivity index (χ0) is 32.2. The average molecular weight is 611 g/mol. The van der Waals surface area contributed by atoms with Gasteiger partial charge in [0.25, 0.3) is 0 Å². The highest BCUT2D eigenvalue weighted by Crippen LogP contribution is 2.42. The summed E-state index contributed by atoms with van der Waals surface area (Å²) in [6, 6.07) is 56.7. The predicted octanol–water partition coefficient (Wildman–Crippen LogP) is 11.6. The highest BCUT2D eigenvalue weighted by Gasteiger charge is 2.20. The molecule has 0 aliphatic carbocycles. The standard InChI is InChI=1S/C44H26N4/c1-46-31-23-26-37-36-15-4-7-17-39(36)47(43(37)27-31)32-24-21-29(22-25-32)33-12-2-3-16-38(33)44-30(28-45)11-10-20-42(44)48-40-18-8-5-13-34(40)35-14-6-9-19-41(35)48/h2-27H. The number of nitrogens with zero attached hydrogens (tertiary/aromatic N) is 4. The molecular weight excluding hydrogens is 585 g/mol. The molecule has 0 fully saturated rings. The molecule has 9 rings (SSSR count). The maximum atomic E-state index is 10.5. The maximum Gasteiger partial charge on any atom is 0.189 e. The number of nitriles is 1. The first-order valence-electron chi connectivity index (χ1n) is 15.9. The van der Waals surface area contributed by atoms with E-state index in [1.54, 1.807) is 0 Å². The van der Waals surface area contributed by atoms with Crippen LogP contribution in [0.3, 0.4) is 0 Å². The van der Waals surface area contributed by atoms with Crippen LogP contribution in [0.15, 0.2) is 158 Å². The molecule has 0 saturated heterocycles.